The number of piperazine rings is 1. The van der Waals surface area contributed by atoms with Gasteiger partial charge in [0.1, 0.15) is 24.8 Å². The molecule has 0 spiro atoms. The van der Waals surface area contributed by atoms with Crippen LogP contribution in [-0.2, 0) is 0 Å². The van der Waals surface area contributed by atoms with Crippen LogP contribution in [0.5, 0.6) is 0 Å². The van der Waals surface area contributed by atoms with Crippen LogP contribution in [0.2, 0.25) is 0 Å². The molecule has 1 fully saturated rings. The topological polar surface area (TPSA) is 109 Å². The number of aromatic amines is 1. The Morgan fingerprint density at radius 2 is 1.85 bits per heavy atom. The summed E-state index contributed by atoms with van der Waals surface area (Å²) >= 11 is 0. The zero-order valence-electron chi connectivity index (χ0n) is 14.6. The molecule has 0 bridgehead atoms. The minimum atomic E-state index is 0.0272. The van der Waals surface area contributed by atoms with E-state index in [1.165, 1.54) is 12.7 Å². The number of anilines is 1. The van der Waals surface area contributed by atoms with Crippen molar-refractivity contribution < 1.29 is 4.79 Å². The number of nitrogens with zero attached hydrogens (tertiary/aromatic N) is 8. The van der Waals surface area contributed by atoms with Gasteiger partial charge in [-0.3, -0.25) is 9.89 Å². The van der Waals surface area contributed by atoms with Crippen molar-refractivity contribution in [2.75, 3.05) is 31.1 Å². The molecule has 1 saturated heterocycles. The fourth-order valence-electron chi connectivity index (χ4n) is 3.12. The highest BCUT2D eigenvalue weighted by Gasteiger charge is 2.26. The van der Waals surface area contributed by atoms with E-state index in [-0.39, 0.29) is 5.91 Å². The van der Waals surface area contributed by atoms with Crippen LogP contribution >= 0.6 is 0 Å². The maximum Gasteiger partial charge on any atom is 0.257 e. The van der Waals surface area contributed by atoms with Gasteiger partial charge in [-0.1, -0.05) is 0 Å². The summed E-state index contributed by atoms with van der Waals surface area (Å²) in [4.78, 5) is 29.3. The lowest BCUT2D eigenvalue weighted by molar-refractivity contribution is 0.0745. The Labute approximate surface area is 149 Å². The first kappa shape index (κ1) is 16.2. The summed E-state index contributed by atoms with van der Waals surface area (Å²) in [5.74, 6) is 1.50. The average molecular weight is 353 g/mol. The van der Waals surface area contributed by atoms with E-state index >= 15 is 0 Å². The quantitative estimate of drug-likeness (QED) is 0.724. The third-order valence-corrected chi connectivity index (χ3v) is 4.52. The molecular formula is C16H19N9O. The largest absolute Gasteiger partial charge is 0.353 e. The third kappa shape index (κ3) is 2.89. The molecule has 10 nitrogen and oxygen atoms in total. The molecule has 0 saturated carbocycles. The number of amides is 1. The Kier molecular flexibility index (Phi) is 4.07. The number of H-pyrrole nitrogens is 1. The molecular weight excluding hydrogens is 334 g/mol. The van der Waals surface area contributed by atoms with Crippen LogP contribution in [0.25, 0.3) is 5.82 Å². The summed E-state index contributed by atoms with van der Waals surface area (Å²) in [6.07, 6.45) is 4.58. The Balaban J connectivity index is 1.46. The number of aryl methyl sites for hydroxylation is 2. The first-order chi connectivity index (χ1) is 12.6. The van der Waals surface area contributed by atoms with Crippen LogP contribution in [0.1, 0.15) is 21.7 Å². The van der Waals surface area contributed by atoms with Crippen LogP contribution in [0.3, 0.4) is 0 Å². The third-order valence-electron chi connectivity index (χ3n) is 4.52. The van der Waals surface area contributed by atoms with E-state index in [1.807, 2.05) is 24.8 Å². The van der Waals surface area contributed by atoms with Crippen LogP contribution in [0.4, 0.5) is 5.82 Å². The molecule has 1 N–H and O–H groups in total. The van der Waals surface area contributed by atoms with Crippen LogP contribution in [-0.4, -0.2) is 71.9 Å². The minimum Gasteiger partial charge on any atom is -0.353 e. The maximum absolute atomic E-state index is 12.8. The van der Waals surface area contributed by atoms with Crippen molar-refractivity contribution in [1.82, 2.24) is 39.8 Å². The van der Waals surface area contributed by atoms with Gasteiger partial charge < -0.3 is 9.80 Å². The molecule has 26 heavy (non-hydrogen) atoms. The van der Waals surface area contributed by atoms with E-state index < -0.39 is 0 Å². The summed E-state index contributed by atoms with van der Waals surface area (Å²) in [5, 5.41) is 11.1. The predicted octanol–water partition coefficient (Wildman–Crippen LogP) is 0.360. The van der Waals surface area contributed by atoms with Crippen molar-refractivity contribution in [3.05, 3.63) is 42.0 Å². The van der Waals surface area contributed by atoms with Crippen molar-refractivity contribution in [1.29, 1.82) is 0 Å². The number of nitrogens with one attached hydrogen (secondary N) is 1. The number of aromatic nitrogens is 7. The number of carbonyl (C=O) groups is 1. The van der Waals surface area contributed by atoms with Crippen molar-refractivity contribution in [2.45, 2.75) is 13.8 Å². The second-order valence-corrected chi connectivity index (χ2v) is 6.16. The molecule has 0 aliphatic carbocycles. The van der Waals surface area contributed by atoms with Crippen LogP contribution in [0.15, 0.2) is 25.0 Å². The molecule has 1 aliphatic rings. The number of rotatable bonds is 3. The molecule has 1 amide bonds. The summed E-state index contributed by atoms with van der Waals surface area (Å²) in [5.41, 5.74) is 2.22. The molecule has 0 atom stereocenters. The predicted molar refractivity (Wildman–Crippen MR) is 93.1 cm³/mol. The molecule has 4 heterocycles. The number of hydrogen-bond donors (Lipinski definition) is 1. The van der Waals surface area contributed by atoms with Crippen molar-refractivity contribution in [3.63, 3.8) is 0 Å². The molecule has 0 aromatic carbocycles. The summed E-state index contributed by atoms with van der Waals surface area (Å²) < 4.78 is 1.59. The number of carbonyl (C=O) groups excluding carboxylic acids is 1. The van der Waals surface area contributed by atoms with Gasteiger partial charge in [0.2, 0.25) is 0 Å². The standard InChI is InChI=1S/C16H19N9O/c1-11-15(12(2)22-21-11)16(26)24-5-3-23(4-6-24)13-7-14(19-9-18-13)25-10-17-8-20-25/h7-10H,3-6H2,1-2H3,(H,21,22). The molecule has 10 heteroatoms. The number of hydrogen-bond acceptors (Lipinski definition) is 7. The zero-order valence-corrected chi connectivity index (χ0v) is 14.6. The second kappa shape index (κ2) is 6.54. The minimum absolute atomic E-state index is 0.0272. The van der Waals surface area contributed by atoms with Crippen LogP contribution < -0.4 is 4.90 Å². The van der Waals surface area contributed by atoms with Gasteiger partial charge >= 0.3 is 0 Å². The highest BCUT2D eigenvalue weighted by atomic mass is 16.2. The molecule has 0 unspecified atom stereocenters. The summed E-state index contributed by atoms with van der Waals surface area (Å²) in [7, 11) is 0. The van der Waals surface area contributed by atoms with E-state index in [0.717, 1.165) is 17.2 Å². The summed E-state index contributed by atoms with van der Waals surface area (Å²) in [6.45, 7) is 6.39. The SMILES string of the molecule is Cc1n[nH]c(C)c1C(=O)N1CCN(c2cc(-n3cncn3)ncn2)CC1. The monoisotopic (exact) mass is 353 g/mol. The van der Waals surface area contributed by atoms with Gasteiger partial charge in [0.25, 0.3) is 5.91 Å². The van der Waals surface area contributed by atoms with E-state index in [2.05, 4.69) is 35.1 Å². The second-order valence-electron chi connectivity index (χ2n) is 6.16. The lowest BCUT2D eigenvalue weighted by Crippen LogP contribution is -2.49. The Bertz CT molecular complexity index is 890. The Hall–Kier alpha value is -3.30. The van der Waals surface area contributed by atoms with E-state index in [1.54, 1.807) is 11.0 Å². The maximum atomic E-state index is 12.8. The van der Waals surface area contributed by atoms with E-state index in [0.29, 0.717) is 37.6 Å². The zero-order chi connectivity index (χ0) is 18.1. The lowest BCUT2D eigenvalue weighted by Gasteiger charge is -2.35. The Morgan fingerprint density at radius 1 is 1.08 bits per heavy atom. The normalized spacial score (nSPS) is 14.7. The van der Waals surface area contributed by atoms with Crippen LogP contribution in [0, 0.1) is 13.8 Å². The molecule has 3 aromatic rings. The summed E-state index contributed by atoms with van der Waals surface area (Å²) in [6, 6.07) is 1.87. The fourth-order valence-corrected chi connectivity index (χ4v) is 3.12. The van der Waals surface area contributed by atoms with E-state index in [4.69, 9.17) is 0 Å². The van der Waals surface area contributed by atoms with Gasteiger partial charge in [0.15, 0.2) is 5.82 Å². The van der Waals surface area contributed by atoms with Gasteiger partial charge in [-0.15, -0.1) is 0 Å². The van der Waals surface area contributed by atoms with E-state index in [9.17, 15) is 4.79 Å². The first-order valence-corrected chi connectivity index (χ1v) is 8.36. The smallest absolute Gasteiger partial charge is 0.257 e. The van der Waals surface area contributed by atoms with Gasteiger partial charge in [-0.05, 0) is 13.8 Å². The average Bonchev–Trinajstić information content (AvgIpc) is 3.32. The highest BCUT2D eigenvalue weighted by Crippen LogP contribution is 2.18. The first-order valence-electron chi connectivity index (χ1n) is 8.36. The van der Waals surface area contributed by atoms with Crippen molar-refractivity contribution in [3.8, 4) is 5.82 Å². The van der Waals surface area contributed by atoms with Gasteiger partial charge in [0.05, 0.1) is 11.3 Å². The van der Waals surface area contributed by atoms with Crippen molar-refractivity contribution >= 4 is 11.7 Å². The molecule has 3 aromatic heterocycles. The Morgan fingerprint density at radius 3 is 2.50 bits per heavy atom. The van der Waals surface area contributed by atoms with Crippen molar-refractivity contribution in [2.24, 2.45) is 0 Å². The van der Waals surface area contributed by atoms with Gasteiger partial charge in [-0.25, -0.2) is 19.6 Å². The molecule has 0 radical (unpaired) electrons. The molecule has 134 valence electrons. The fraction of sp³-hybridized carbons (Fsp3) is 0.375. The lowest BCUT2D eigenvalue weighted by atomic mass is 10.1. The highest BCUT2D eigenvalue weighted by molar-refractivity contribution is 5.96. The molecule has 4 rings (SSSR count). The molecule has 1 aliphatic heterocycles. The van der Waals surface area contributed by atoms with Gasteiger partial charge in [-0.2, -0.15) is 10.2 Å². The van der Waals surface area contributed by atoms with Gasteiger partial charge in [0, 0.05) is 37.9 Å².